The number of nitrogens with zero attached hydrogens (tertiary/aromatic N) is 8. The van der Waals surface area contributed by atoms with Crippen molar-refractivity contribution < 1.29 is 73.0 Å². The number of hydrogen-bond acceptors (Lipinski definition) is 20. The third-order valence-corrected chi connectivity index (χ3v) is 16.5. The van der Waals surface area contributed by atoms with Crippen LogP contribution in [0, 0.1) is 11.8 Å². The number of rotatable bonds is 17. The van der Waals surface area contributed by atoms with Gasteiger partial charge in [0.15, 0.2) is 12.6 Å². The largest absolute Gasteiger partial charge is 0.459 e. The molecule has 3 aliphatic rings. The predicted molar refractivity (Wildman–Crippen MR) is 279 cm³/mol. The van der Waals surface area contributed by atoms with Gasteiger partial charge in [-0.05, 0) is 112 Å². The zero-order valence-corrected chi connectivity index (χ0v) is 47.5. The summed E-state index contributed by atoms with van der Waals surface area (Å²) in [6, 6.07) is 5.29. The molecule has 5 heterocycles. The number of methoxy groups -OCH3 is 2. The van der Waals surface area contributed by atoms with Crippen LogP contribution in [0.5, 0.6) is 0 Å². The van der Waals surface area contributed by atoms with Crippen LogP contribution in [0.2, 0.25) is 0 Å². The summed E-state index contributed by atoms with van der Waals surface area (Å²) in [4.78, 5) is 18.3. The van der Waals surface area contributed by atoms with E-state index in [1.165, 1.54) is 25.8 Å². The lowest BCUT2D eigenvalue weighted by Gasteiger charge is -2.47. The van der Waals surface area contributed by atoms with Crippen molar-refractivity contribution in [3.8, 4) is 5.69 Å². The Kier molecular flexibility index (Phi) is 21.4. The van der Waals surface area contributed by atoms with Crippen LogP contribution >= 0.6 is 0 Å². The average molecular weight is 1090 g/mol. The highest BCUT2D eigenvalue weighted by atomic mass is 19.1. The summed E-state index contributed by atoms with van der Waals surface area (Å²) >= 11 is 0. The van der Waals surface area contributed by atoms with E-state index < -0.39 is 127 Å². The normalized spacial score (nSPS) is 37.7. The first-order valence-electron chi connectivity index (χ1n) is 27.1. The van der Waals surface area contributed by atoms with Gasteiger partial charge in [-0.15, -0.1) is 10.2 Å². The predicted octanol–water partition coefficient (Wildman–Crippen LogP) is 3.39. The molecule has 0 aliphatic carbocycles. The lowest BCUT2D eigenvalue weighted by Crippen LogP contribution is -2.59. The standard InChI is InChI=1S/C54H89FN8O14/c1-15-43-54(10,70)48(66)33(5)61(12)27-30(2)24-52(8,69)44(23-42(32(4)50(68)76-43)75-45-25-53(9,72-14)49(67)35(7)74-45)77-51-46(65)40(22-31(3)73-51)60(11)21-20-37-28-63(58-56-37)41(26-55)47(71-13)36-16-18-38(19-17-36)62-29-39(34(6)64)57-59-62/h16-19,28-35,40-49,51,64-67,69-70H,15,20-27H2,1-14H3/t30-,31-,32-,33-,34?,35+,40+,41-,42+,43-,44-,45+,46-,47-,48-,49+,51+,52-,53-,54-/m1/s1. The summed E-state index contributed by atoms with van der Waals surface area (Å²) in [6.07, 6.45) is -7.35. The molecule has 0 saturated carbocycles. The monoisotopic (exact) mass is 1090 g/mol. The first-order valence-corrected chi connectivity index (χ1v) is 27.1. The molecule has 3 fully saturated rings. The van der Waals surface area contributed by atoms with Crippen molar-refractivity contribution in [1.82, 2.24) is 39.8 Å². The molecule has 22 nitrogen and oxygen atoms in total. The minimum absolute atomic E-state index is 0.0832. The van der Waals surface area contributed by atoms with Gasteiger partial charge in [-0.25, -0.2) is 13.8 Å². The molecular formula is C54H89FN8O14. The van der Waals surface area contributed by atoms with Crippen molar-refractivity contribution in [2.24, 2.45) is 11.8 Å². The second-order valence-corrected chi connectivity index (χ2v) is 22.9. The lowest BCUT2D eigenvalue weighted by atomic mass is 9.83. The lowest BCUT2D eigenvalue weighted by molar-refractivity contribution is -0.308. The fraction of sp³-hybridized carbons (Fsp3) is 0.796. The Morgan fingerprint density at radius 1 is 0.935 bits per heavy atom. The van der Waals surface area contributed by atoms with E-state index in [0.29, 0.717) is 48.6 Å². The van der Waals surface area contributed by atoms with Crippen LogP contribution in [0.3, 0.4) is 0 Å². The van der Waals surface area contributed by atoms with Crippen LogP contribution in [-0.2, 0) is 44.4 Å². The number of carbonyl (C=O) groups excluding carboxylic acids is 1. The van der Waals surface area contributed by atoms with Gasteiger partial charge in [0.05, 0.1) is 65.2 Å². The Balaban J connectivity index is 1.22. The number of likely N-dealkylation sites (N-methyl/N-ethyl adjacent to an activating group) is 2. The van der Waals surface area contributed by atoms with Crippen molar-refractivity contribution >= 4 is 5.97 Å². The number of aliphatic hydroxyl groups is 6. The quantitative estimate of drug-likeness (QED) is 0.106. The van der Waals surface area contributed by atoms with Crippen molar-refractivity contribution in [2.45, 2.75) is 216 Å². The van der Waals surface area contributed by atoms with Crippen molar-refractivity contribution in [2.75, 3.05) is 48.1 Å². The highest BCUT2D eigenvalue weighted by Crippen LogP contribution is 2.39. The number of benzene rings is 1. The van der Waals surface area contributed by atoms with Crippen LogP contribution in [0.4, 0.5) is 4.39 Å². The number of hydrogen-bond donors (Lipinski definition) is 6. The van der Waals surface area contributed by atoms with E-state index in [0.717, 1.165) is 0 Å². The van der Waals surface area contributed by atoms with Gasteiger partial charge in [-0.3, -0.25) is 4.79 Å². The average Bonchev–Trinajstić information content (AvgIpc) is 4.08. The number of cyclic esters (lactones) is 1. The molecule has 3 aliphatic heterocycles. The summed E-state index contributed by atoms with van der Waals surface area (Å²) in [7, 11) is 6.68. The van der Waals surface area contributed by atoms with Crippen LogP contribution in [0.15, 0.2) is 36.7 Å². The van der Waals surface area contributed by atoms with E-state index in [4.69, 9.17) is 33.2 Å². The zero-order chi connectivity index (χ0) is 56.9. The second kappa shape index (κ2) is 26.3. The summed E-state index contributed by atoms with van der Waals surface area (Å²) in [5, 5.41) is 86.2. The molecule has 0 spiro atoms. The number of aromatic nitrogens is 6. The fourth-order valence-electron chi connectivity index (χ4n) is 11.3. The first kappa shape index (κ1) is 62.5. The molecule has 0 bridgehead atoms. The van der Waals surface area contributed by atoms with Gasteiger partial charge in [-0.1, -0.05) is 36.4 Å². The molecule has 3 aromatic rings. The molecule has 77 heavy (non-hydrogen) atoms. The Labute approximate surface area is 453 Å². The van der Waals surface area contributed by atoms with Crippen LogP contribution in [0.1, 0.15) is 137 Å². The van der Waals surface area contributed by atoms with Crippen LogP contribution < -0.4 is 0 Å². The van der Waals surface area contributed by atoms with Gasteiger partial charge in [0, 0.05) is 64.9 Å². The molecule has 436 valence electrons. The minimum atomic E-state index is -1.85. The Morgan fingerprint density at radius 3 is 2.23 bits per heavy atom. The van der Waals surface area contributed by atoms with E-state index >= 15 is 0 Å². The SMILES string of the molecule is CC[C@H]1OC(=O)[C@H](C)[C@@H](O[C@H]2C[C@@](C)(OC)[C@@H](O)[C@H](C)O2)C[C@@H](O[C@@H]2O[C@H](C)C[C@H](N(C)CCc3cn([C@H](CF)[C@H](OC)c4ccc(-n5cc(C(C)O)nn5)cc4)nn3)[C@H]2O)[C@](C)(O)C[C@@H](C)CN(C)[C@H](C)[C@@H](O)[C@]1(C)O. The zero-order valence-electron chi connectivity index (χ0n) is 47.5. The van der Waals surface area contributed by atoms with Crippen molar-refractivity contribution in [3.63, 3.8) is 0 Å². The fourth-order valence-corrected chi connectivity index (χ4v) is 11.3. The summed E-state index contributed by atoms with van der Waals surface area (Å²) < 4.78 is 61.7. The molecular weight excluding hydrogens is 1000 g/mol. The summed E-state index contributed by atoms with van der Waals surface area (Å²) in [5.41, 5.74) is -2.17. The molecule has 3 saturated heterocycles. The Morgan fingerprint density at radius 2 is 1.62 bits per heavy atom. The van der Waals surface area contributed by atoms with Crippen molar-refractivity contribution in [1.29, 1.82) is 0 Å². The molecule has 0 amide bonds. The minimum Gasteiger partial charge on any atom is -0.459 e. The molecule has 23 heteroatoms. The molecule has 6 N–H and O–H groups in total. The maximum atomic E-state index is 14.9. The number of aliphatic hydroxyl groups excluding tert-OH is 4. The number of carbonyl (C=O) groups is 1. The summed E-state index contributed by atoms with van der Waals surface area (Å²) in [5.74, 6) is -2.02. The topological polar surface area (TPSA) is 271 Å². The van der Waals surface area contributed by atoms with E-state index in [9.17, 15) is 39.8 Å². The third-order valence-electron chi connectivity index (χ3n) is 16.5. The molecule has 0 radical (unpaired) electrons. The number of esters is 1. The van der Waals surface area contributed by atoms with Gasteiger partial charge in [0.25, 0.3) is 0 Å². The Bertz CT molecular complexity index is 2310. The molecule has 1 unspecified atom stereocenters. The summed E-state index contributed by atoms with van der Waals surface area (Å²) in [6.45, 7) is 17.1. The molecule has 2 aromatic heterocycles. The molecule has 1 aromatic carbocycles. The third kappa shape index (κ3) is 14.6. The number of halogens is 1. The van der Waals surface area contributed by atoms with Gasteiger partial charge >= 0.3 is 5.97 Å². The second-order valence-electron chi connectivity index (χ2n) is 22.9. The number of alkyl halides is 1. The van der Waals surface area contributed by atoms with Gasteiger partial charge < -0.3 is 73.6 Å². The number of ether oxygens (including phenoxy) is 7. The molecule has 20 atom stereocenters. The van der Waals surface area contributed by atoms with Gasteiger partial charge in [0.1, 0.15) is 54.5 Å². The van der Waals surface area contributed by atoms with E-state index in [1.807, 2.05) is 49.9 Å². The maximum Gasteiger partial charge on any atom is 0.311 e. The highest BCUT2D eigenvalue weighted by Gasteiger charge is 2.51. The van der Waals surface area contributed by atoms with Crippen LogP contribution in [0.25, 0.3) is 5.69 Å². The van der Waals surface area contributed by atoms with E-state index in [2.05, 4.69) is 20.6 Å². The van der Waals surface area contributed by atoms with Crippen LogP contribution in [-0.4, -0.2) is 215 Å². The first-order chi connectivity index (χ1) is 36.2. The van der Waals surface area contributed by atoms with Gasteiger partial charge in [0.2, 0.25) is 0 Å². The highest BCUT2D eigenvalue weighted by molar-refractivity contribution is 5.73. The maximum absolute atomic E-state index is 14.9. The van der Waals surface area contributed by atoms with E-state index in [1.54, 1.807) is 77.7 Å². The smallest absolute Gasteiger partial charge is 0.311 e. The van der Waals surface area contributed by atoms with E-state index in [-0.39, 0.29) is 31.6 Å². The van der Waals surface area contributed by atoms with Gasteiger partial charge in [-0.2, -0.15) is 0 Å². The van der Waals surface area contributed by atoms with Crippen molar-refractivity contribution in [3.05, 3.63) is 53.6 Å². The molecule has 6 rings (SSSR count). The Hall–Kier alpha value is -3.66.